The summed E-state index contributed by atoms with van der Waals surface area (Å²) in [6, 6.07) is 14.5. The van der Waals surface area contributed by atoms with Crippen LogP contribution in [0.1, 0.15) is 31.0 Å². The second kappa shape index (κ2) is 9.39. The Bertz CT molecular complexity index is 863. The number of amides is 1. The van der Waals surface area contributed by atoms with Gasteiger partial charge in [0, 0.05) is 11.9 Å². The monoisotopic (exact) mass is 406 g/mol. The van der Waals surface area contributed by atoms with Crippen LogP contribution in [0, 0.1) is 0 Å². The number of carbonyl (C=O) groups is 1. The quantitative estimate of drug-likeness (QED) is 0.682. The fraction of sp³-hybridized carbons (Fsp3) is 0.350. The average molecular weight is 407 g/mol. The van der Waals surface area contributed by atoms with Gasteiger partial charge in [-0.15, -0.1) is 11.8 Å². The Balaban J connectivity index is 2.00. The van der Waals surface area contributed by atoms with Gasteiger partial charge in [-0.05, 0) is 55.0 Å². The van der Waals surface area contributed by atoms with Crippen molar-refractivity contribution in [3.8, 4) is 0 Å². The molecule has 7 heteroatoms. The van der Waals surface area contributed by atoms with Gasteiger partial charge in [0.2, 0.25) is 15.9 Å². The maximum Gasteiger partial charge on any atom is 0.243 e. The van der Waals surface area contributed by atoms with Gasteiger partial charge >= 0.3 is 0 Å². The van der Waals surface area contributed by atoms with Gasteiger partial charge in [0.05, 0.1) is 17.5 Å². The van der Waals surface area contributed by atoms with Crippen LogP contribution in [0.2, 0.25) is 0 Å². The zero-order valence-corrected chi connectivity index (χ0v) is 17.7. The summed E-state index contributed by atoms with van der Waals surface area (Å²) in [6.45, 7) is 3.74. The topological polar surface area (TPSA) is 66.5 Å². The minimum atomic E-state index is -3.71. The summed E-state index contributed by atoms with van der Waals surface area (Å²) in [6.07, 6.45) is 2.89. The summed E-state index contributed by atoms with van der Waals surface area (Å²) in [4.78, 5) is 13.5. The number of carbonyl (C=O) groups excluding carboxylic acids is 1. The van der Waals surface area contributed by atoms with Crippen molar-refractivity contribution >= 4 is 27.7 Å². The summed E-state index contributed by atoms with van der Waals surface area (Å²) < 4.78 is 26.3. The minimum Gasteiger partial charge on any atom is -0.348 e. The molecule has 2 aromatic rings. The molecule has 146 valence electrons. The van der Waals surface area contributed by atoms with Gasteiger partial charge in [-0.2, -0.15) is 4.31 Å². The molecule has 0 aliphatic carbocycles. The molecular weight excluding hydrogens is 380 g/mol. The number of thioether (sulfide) groups is 1. The molecule has 0 fully saturated rings. The molecule has 0 aliphatic rings. The molecule has 0 radical (unpaired) electrons. The third-order valence-corrected chi connectivity index (χ3v) is 6.96. The van der Waals surface area contributed by atoms with Gasteiger partial charge in [-0.3, -0.25) is 4.79 Å². The second-order valence-electron chi connectivity index (χ2n) is 6.32. The predicted octanol–water partition coefficient (Wildman–Crippen LogP) is 3.47. The van der Waals surface area contributed by atoms with E-state index in [9.17, 15) is 13.2 Å². The van der Waals surface area contributed by atoms with Crippen molar-refractivity contribution in [2.45, 2.75) is 36.1 Å². The molecule has 0 bridgehead atoms. The third kappa shape index (κ3) is 5.57. The number of likely N-dealkylation sites (N-methyl/N-ethyl adjacent to an activating group) is 1. The van der Waals surface area contributed by atoms with Crippen LogP contribution in [-0.4, -0.2) is 38.5 Å². The molecule has 0 saturated heterocycles. The summed E-state index contributed by atoms with van der Waals surface area (Å²) in [5.41, 5.74) is 2.22. The first kappa shape index (κ1) is 21.5. The van der Waals surface area contributed by atoms with Gasteiger partial charge < -0.3 is 5.32 Å². The molecule has 1 atom stereocenters. The minimum absolute atomic E-state index is 0.179. The summed E-state index contributed by atoms with van der Waals surface area (Å²) >= 11 is 1.54. The van der Waals surface area contributed by atoms with Gasteiger partial charge in [0.1, 0.15) is 0 Å². The van der Waals surface area contributed by atoms with Crippen molar-refractivity contribution in [2.24, 2.45) is 0 Å². The standard InChI is InChI=1S/C20H26N2O3S2/c1-5-16-6-8-17(9-7-16)15(2)21-20(23)14-22(3)27(24,25)19-12-10-18(26-4)11-13-19/h6-13,15H,5,14H2,1-4H3,(H,21,23)/t15-/m1/s1. The van der Waals surface area contributed by atoms with Gasteiger partial charge in [0.15, 0.2) is 0 Å². The van der Waals surface area contributed by atoms with E-state index in [1.807, 2.05) is 37.4 Å². The van der Waals surface area contributed by atoms with Crippen LogP contribution in [0.3, 0.4) is 0 Å². The average Bonchev–Trinajstić information content (AvgIpc) is 2.67. The SMILES string of the molecule is CCc1ccc([C@@H](C)NC(=O)CN(C)S(=O)(=O)c2ccc(SC)cc2)cc1. The van der Waals surface area contributed by atoms with Crippen LogP contribution >= 0.6 is 11.8 Å². The van der Waals surface area contributed by atoms with E-state index in [0.717, 1.165) is 21.2 Å². The maximum absolute atomic E-state index is 12.6. The Morgan fingerprint density at radius 3 is 2.22 bits per heavy atom. The second-order valence-corrected chi connectivity index (χ2v) is 9.25. The van der Waals surface area contributed by atoms with Crippen LogP contribution in [0.4, 0.5) is 0 Å². The van der Waals surface area contributed by atoms with E-state index >= 15 is 0 Å². The van der Waals surface area contributed by atoms with E-state index in [-0.39, 0.29) is 23.4 Å². The van der Waals surface area contributed by atoms with Crippen LogP contribution in [0.15, 0.2) is 58.3 Å². The largest absolute Gasteiger partial charge is 0.348 e. The van der Waals surface area contributed by atoms with E-state index < -0.39 is 10.0 Å². The van der Waals surface area contributed by atoms with Crippen molar-refractivity contribution < 1.29 is 13.2 Å². The number of aryl methyl sites for hydroxylation is 1. The number of rotatable bonds is 8. The third-order valence-electron chi connectivity index (χ3n) is 4.40. The highest BCUT2D eigenvalue weighted by Gasteiger charge is 2.23. The van der Waals surface area contributed by atoms with E-state index in [0.29, 0.717) is 0 Å². The van der Waals surface area contributed by atoms with E-state index in [2.05, 4.69) is 12.2 Å². The number of nitrogens with zero attached hydrogens (tertiary/aromatic N) is 1. The zero-order chi connectivity index (χ0) is 20.0. The zero-order valence-electron chi connectivity index (χ0n) is 16.1. The lowest BCUT2D eigenvalue weighted by atomic mass is 10.1. The van der Waals surface area contributed by atoms with Crippen molar-refractivity contribution in [3.05, 3.63) is 59.7 Å². The molecule has 0 aromatic heterocycles. The lowest BCUT2D eigenvalue weighted by molar-refractivity contribution is -0.121. The smallest absolute Gasteiger partial charge is 0.243 e. The molecule has 2 aromatic carbocycles. The van der Waals surface area contributed by atoms with Crippen molar-refractivity contribution in [1.29, 1.82) is 0 Å². The van der Waals surface area contributed by atoms with Crippen LogP contribution in [0.5, 0.6) is 0 Å². The Morgan fingerprint density at radius 1 is 1.11 bits per heavy atom. The van der Waals surface area contributed by atoms with Crippen LogP contribution in [-0.2, 0) is 21.2 Å². The molecule has 0 aliphatic heterocycles. The van der Waals surface area contributed by atoms with Crippen LogP contribution in [0.25, 0.3) is 0 Å². The molecular formula is C20H26N2O3S2. The van der Waals surface area contributed by atoms with E-state index in [1.54, 1.807) is 36.0 Å². The molecule has 27 heavy (non-hydrogen) atoms. The number of hydrogen-bond donors (Lipinski definition) is 1. The summed E-state index contributed by atoms with van der Waals surface area (Å²) in [5.74, 6) is -0.339. The maximum atomic E-state index is 12.6. The van der Waals surface area contributed by atoms with E-state index in [4.69, 9.17) is 0 Å². The van der Waals surface area contributed by atoms with Gasteiger partial charge in [-0.25, -0.2) is 8.42 Å². The molecule has 1 amide bonds. The number of nitrogens with one attached hydrogen (secondary N) is 1. The molecule has 1 N–H and O–H groups in total. The van der Waals surface area contributed by atoms with Crippen molar-refractivity contribution in [3.63, 3.8) is 0 Å². The van der Waals surface area contributed by atoms with Gasteiger partial charge in [-0.1, -0.05) is 31.2 Å². The van der Waals surface area contributed by atoms with E-state index in [1.165, 1.54) is 12.6 Å². The molecule has 0 unspecified atom stereocenters. The molecule has 0 spiro atoms. The Kier molecular flexibility index (Phi) is 7.47. The lowest BCUT2D eigenvalue weighted by Gasteiger charge is -2.19. The number of hydrogen-bond acceptors (Lipinski definition) is 4. The predicted molar refractivity (Wildman–Crippen MR) is 110 cm³/mol. The summed E-state index contributed by atoms with van der Waals surface area (Å²) in [7, 11) is -2.29. The van der Waals surface area contributed by atoms with Crippen molar-refractivity contribution in [2.75, 3.05) is 19.8 Å². The number of benzene rings is 2. The lowest BCUT2D eigenvalue weighted by Crippen LogP contribution is -2.39. The highest BCUT2D eigenvalue weighted by Crippen LogP contribution is 2.20. The highest BCUT2D eigenvalue weighted by molar-refractivity contribution is 7.98. The molecule has 5 nitrogen and oxygen atoms in total. The first-order chi connectivity index (χ1) is 12.8. The van der Waals surface area contributed by atoms with Crippen LogP contribution < -0.4 is 5.32 Å². The summed E-state index contributed by atoms with van der Waals surface area (Å²) in [5, 5.41) is 2.86. The van der Waals surface area contributed by atoms with Gasteiger partial charge in [0.25, 0.3) is 0 Å². The normalized spacial score (nSPS) is 12.8. The Morgan fingerprint density at radius 2 is 1.70 bits per heavy atom. The Labute approximate surface area is 166 Å². The first-order valence-corrected chi connectivity index (χ1v) is 11.4. The van der Waals surface area contributed by atoms with Crippen molar-refractivity contribution in [1.82, 2.24) is 9.62 Å². The first-order valence-electron chi connectivity index (χ1n) is 8.76. The molecule has 2 rings (SSSR count). The fourth-order valence-corrected chi connectivity index (χ4v) is 4.16. The molecule has 0 heterocycles. The number of sulfonamides is 1. The fourth-order valence-electron chi connectivity index (χ4n) is 2.63. The Hall–Kier alpha value is -1.83. The molecule has 0 saturated carbocycles. The highest BCUT2D eigenvalue weighted by atomic mass is 32.2.